The van der Waals surface area contributed by atoms with Crippen LogP contribution in [-0.4, -0.2) is 40.6 Å². The molecule has 0 bridgehead atoms. The fourth-order valence-corrected chi connectivity index (χ4v) is 4.93. The van der Waals surface area contributed by atoms with Crippen molar-refractivity contribution in [2.45, 2.75) is 19.4 Å². The van der Waals surface area contributed by atoms with Gasteiger partial charge in [-0.1, -0.05) is 81.9 Å². The molecule has 36 heavy (non-hydrogen) atoms. The number of anilines is 1. The number of nitrogens with one attached hydrogen (secondary N) is 1. The van der Waals surface area contributed by atoms with Gasteiger partial charge in [0.25, 0.3) is 5.91 Å². The third-order valence-corrected chi connectivity index (χ3v) is 7.05. The van der Waals surface area contributed by atoms with E-state index in [2.05, 4.69) is 31.4 Å². The number of aromatic nitrogens is 2. The maximum atomic E-state index is 13.6. The summed E-state index contributed by atoms with van der Waals surface area (Å²) < 4.78 is 6.35. The number of para-hydroxylation sites is 1. The molecule has 184 valence electrons. The van der Waals surface area contributed by atoms with Crippen LogP contribution in [0.1, 0.15) is 35.3 Å². The summed E-state index contributed by atoms with van der Waals surface area (Å²) in [5.74, 6) is 0.0423. The number of ether oxygens (including phenoxy) is 1. The summed E-state index contributed by atoms with van der Waals surface area (Å²) in [5, 5.41) is 12.2. The molecule has 1 aromatic heterocycles. The molecule has 1 heterocycles. The number of amides is 2. The lowest BCUT2D eigenvalue weighted by atomic mass is 10.0. The minimum atomic E-state index is -0.249. The molecule has 0 saturated carbocycles. The second-order valence-electron chi connectivity index (χ2n) is 8.01. The van der Waals surface area contributed by atoms with Gasteiger partial charge in [0.2, 0.25) is 11.0 Å². The van der Waals surface area contributed by atoms with Crippen LogP contribution in [-0.2, 0) is 4.79 Å². The molecule has 0 fully saturated rings. The first-order valence-electron chi connectivity index (χ1n) is 11.3. The quantitative estimate of drug-likeness (QED) is 0.261. The van der Waals surface area contributed by atoms with E-state index in [0.717, 1.165) is 15.6 Å². The molecule has 0 aliphatic carbocycles. The zero-order valence-electron chi connectivity index (χ0n) is 19.8. The number of rotatable bonds is 9. The van der Waals surface area contributed by atoms with E-state index in [1.165, 1.54) is 18.4 Å². The van der Waals surface area contributed by atoms with Crippen molar-refractivity contribution < 1.29 is 14.3 Å². The van der Waals surface area contributed by atoms with Gasteiger partial charge in [-0.2, -0.15) is 0 Å². The van der Waals surface area contributed by atoms with Gasteiger partial charge >= 0.3 is 0 Å². The Balaban J connectivity index is 1.48. The zero-order valence-corrected chi connectivity index (χ0v) is 22.3. The van der Waals surface area contributed by atoms with Gasteiger partial charge in [0, 0.05) is 23.0 Å². The second-order valence-corrected chi connectivity index (χ2v) is 9.90. The van der Waals surface area contributed by atoms with Gasteiger partial charge in [0.1, 0.15) is 10.8 Å². The molecule has 4 rings (SSSR count). The van der Waals surface area contributed by atoms with Crippen LogP contribution >= 0.6 is 27.3 Å². The molecule has 1 N–H and O–H groups in total. The lowest BCUT2D eigenvalue weighted by Gasteiger charge is -2.30. The standard InChI is InChI=1S/C27H25BrN4O3S/c1-18(19-9-4-3-5-10-19)32(26(34)22-13-6-7-14-23(22)35-2)16-15-24(33)29-27-31-30-25(36-27)20-11-8-12-21(28)17-20/h3-14,17-18H,15-16H2,1-2H3,(H,29,31,33). The van der Waals surface area contributed by atoms with Crippen molar-refractivity contribution in [3.05, 3.63) is 94.5 Å². The molecule has 9 heteroatoms. The Morgan fingerprint density at radius 2 is 1.78 bits per heavy atom. The van der Waals surface area contributed by atoms with Crippen LogP contribution in [0, 0.1) is 0 Å². The number of carbonyl (C=O) groups is 2. The third kappa shape index (κ3) is 6.16. The van der Waals surface area contributed by atoms with E-state index in [1.807, 2.05) is 67.6 Å². The van der Waals surface area contributed by atoms with Crippen molar-refractivity contribution in [1.82, 2.24) is 15.1 Å². The van der Waals surface area contributed by atoms with Crippen molar-refractivity contribution in [3.63, 3.8) is 0 Å². The lowest BCUT2D eigenvalue weighted by molar-refractivity contribution is -0.116. The molecule has 0 radical (unpaired) electrons. The highest BCUT2D eigenvalue weighted by atomic mass is 79.9. The van der Waals surface area contributed by atoms with Crippen molar-refractivity contribution in [3.8, 4) is 16.3 Å². The van der Waals surface area contributed by atoms with E-state index in [0.29, 0.717) is 21.5 Å². The third-order valence-electron chi connectivity index (χ3n) is 5.67. The average molecular weight is 565 g/mol. The molecule has 1 unspecified atom stereocenters. The van der Waals surface area contributed by atoms with Crippen molar-refractivity contribution >= 4 is 44.2 Å². The maximum Gasteiger partial charge on any atom is 0.258 e. The molecule has 0 aliphatic rings. The number of benzene rings is 3. The molecule has 3 aromatic carbocycles. The van der Waals surface area contributed by atoms with Gasteiger partial charge < -0.3 is 15.0 Å². The fourth-order valence-electron chi connectivity index (χ4n) is 3.77. The monoisotopic (exact) mass is 564 g/mol. The zero-order chi connectivity index (χ0) is 25.5. The minimum absolute atomic E-state index is 0.101. The molecule has 0 saturated heterocycles. The van der Waals surface area contributed by atoms with Gasteiger partial charge in [-0.3, -0.25) is 9.59 Å². The Hall–Kier alpha value is -3.56. The van der Waals surface area contributed by atoms with Gasteiger partial charge in [0.15, 0.2) is 0 Å². The first-order valence-corrected chi connectivity index (χ1v) is 13.0. The van der Waals surface area contributed by atoms with Gasteiger partial charge in [0.05, 0.1) is 18.7 Å². The predicted octanol–water partition coefficient (Wildman–Crippen LogP) is 6.21. The summed E-state index contributed by atoms with van der Waals surface area (Å²) in [6, 6.07) is 24.3. The number of carbonyl (C=O) groups excluding carboxylic acids is 2. The summed E-state index contributed by atoms with van der Waals surface area (Å²) in [6.45, 7) is 2.17. The molecule has 0 aliphatic heterocycles. The van der Waals surface area contributed by atoms with Crippen molar-refractivity contribution in [2.24, 2.45) is 0 Å². The van der Waals surface area contributed by atoms with Crippen molar-refractivity contribution in [2.75, 3.05) is 19.0 Å². The SMILES string of the molecule is COc1ccccc1C(=O)N(CCC(=O)Nc1nnc(-c2cccc(Br)c2)s1)C(C)c1ccccc1. The van der Waals surface area contributed by atoms with Crippen LogP contribution in [0.3, 0.4) is 0 Å². The molecule has 2 amide bonds. The summed E-state index contributed by atoms with van der Waals surface area (Å²) >= 11 is 4.75. The Bertz CT molecular complexity index is 1350. The number of nitrogens with zero attached hydrogens (tertiary/aromatic N) is 3. The van der Waals surface area contributed by atoms with Crippen LogP contribution in [0.25, 0.3) is 10.6 Å². The van der Waals surface area contributed by atoms with Crippen LogP contribution in [0.5, 0.6) is 5.75 Å². The number of halogens is 1. The highest BCUT2D eigenvalue weighted by Crippen LogP contribution is 2.29. The van der Waals surface area contributed by atoms with E-state index in [-0.39, 0.29) is 30.8 Å². The number of hydrogen-bond donors (Lipinski definition) is 1. The van der Waals surface area contributed by atoms with E-state index in [4.69, 9.17) is 4.74 Å². The first kappa shape index (κ1) is 25.5. The Morgan fingerprint density at radius 3 is 2.53 bits per heavy atom. The largest absolute Gasteiger partial charge is 0.496 e. The summed E-state index contributed by atoms with van der Waals surface area (Å²) in [5.41, 5.74) is 2.34. The van der Waals surface area contributed by atoms with Crippen molar-refractivity contribution in [1.29, 1.82) is 0 Å². The van der Waals surface area contributed by atoms with E-state index >= 15 is 0 Å². The summed E-state index contributed by atoms with van der Waals surface area (Å²) in [4.78, 5) is 28.1. The average Bonchev–Trinajstić information content (AvgIpc) is 3.37. The Morgan fingerprint density at radius 1 is 1.03 bits per heavy atom. The number of hydrogen-bond acceptors (Lipinski definition) is 6. The van der Waals surface area contributed by atoms with E-state index < -0.39 is 0 Å². The Kier molecular flexibility index (Phi) is 8.45. The summed E-state index contributed by atoms with van der Waals surface area (Å²) in [7, 11) is 1.54. The van der Waals surface area contributed by atoms with Gasteiger partial charge in [-0.05, 0) is 36.8 Å². The maximum absolute atomic E-state index is 13.6. The van der Waals surface area contributed by atoms with E-state index in [9.17, 15) is 9.59 Å². The van der Waals surface area contributed by atoms with Crippen LogP contribution < -0.4 is 10.1 Å². The van der Waals surface area contributed by atoms with Gasteiger partial charge in [-0.25, -0.2) is 0 Å². The molecule has 0 spiro atoms. The lowest BCUT2D eigenvalue weighted by Crippen LogP contribution is -2.36. The Labute approximate surface area is 222 Å². The molecular formula is C27H25BrN4O3S. The van der Waals surface area contributed by atoms with Crippen LogP contribution in [0.2, 0.25) is 0 Å². The van der Waals surface area contributed by atoms with Gasteiger partial charge in [-0.15, -0.1) is 10.2 Å². The number of methoxy groups -OCH3 is 1. The highest BCUT2D eigenvalue weighted by molar-refractivity contribution is 9.10. The molecule has 7 nitrogen and oxygen atoms in total. The molecule has 1 atom stereocenters. The highest BCUT2D eigenvalue weighted by Gasteiger charge is 2.25. The molecular weight excluding hydrogens is 540 g/mol. The van der Waals surface area contributed by atoms with Crippen LogP contribution in [0.4, 0.5) is 5.13 Å². The predicted molar refractivity (Wildman–Crippen MR) is 145 cm³/mol. The van der Waals surface area contributed by atoms with E-state index in [1.54, 1.807) is 23.1 Å². The second kappa shape index (κ2) is 11.9. The first-order chi connectivity index (χ1) is 17.5. The smallest absolute Gasteiger partial charge is 0.258 e. The van der Waals surface area contributed by atoms with Crippen LogP contribution in [0.15, 0.2) is 83.3 Å². The normalized spacial score (nSPS) is 11.5. The minimum Gasteiger partial charge on any atom is -0.496 e. The molecule has 4 aromatic rings. The fraction of sp³-hybridized carbons (Fsp3) is 0.185. The topological polar surface area (TPSA) is 84.4 Å². The summed E-state index contributed by atoms with van der Waals surface area (Å²) in [6.07, 6.45) is 0.101.